The average molecular weight is 707 g/mol. The van der Waals surface area contributed by atoms with Gasteiger partial charge in [-0.1, -0.05) is 0 Å². The van der Waals surface area contributed by atoms with Crippen LogP contribution in [0.3, 0.4) is 0 Å². The quantitative estimate of drug-likeness (QED) is 0.290. The topological polar surface area (TPSA) is 0 Å². The summed E-state index contributed by atoms with van der Waals surface area (Å²) in [7, 11) is 0. The zero-order valence-corrected chi connectivity index (χ0v) is 29.9. The van der Waals surface area contributed by atoms with E-state index in [1.807, 2.05) is 8.85 Å². The van der Waals surface area contributed by atoms with Crippen LogP contribution in [0, 0.1) is 29.1 Å². The maximum Gasteiger partial charge on any atom is -1.00 e. The van der Waals surface area contributed by atoms with E-state index >= 15 is 0 Å². The monoisotopic (exact) mass is 704 g/mol. The van der Waals surface area contributed by atoms with Crippen LogP contribution in [-0.4, -0.2) is 3.21 Å². The molecule has 0 saturated heterocycles. The van der Waals surface area contributed by atoms with E-state index in [1.165, 1.54) is 60.8 Å². The van der Waals surface area contributed by atoms with Gasteiger partial charge in [0.25, 0.3) is 0 Å². The standard InChI is InChI=1S/C16H21.C13H9.C13H10.2ClH.Zr/c1-11-2-3-15(4-11)16-8-12-5-13(9-16)7-14(6-12)10-16;1-3-7-12-10(5-1)9-11-6-2-4-8-13(11)12;1-3-7-12(8-4-1)11-13-9-5-2-6-10-13;;;/h2-3,11-14H,5-10H2,1H3;1-9H;1-10H;2*1H;/q;;;;;+2/p-2. The van der Waals surface area contributed by atoms with Crippen LogP contribution in [0.4, 0.5) is 0 Å². The first-order valence-electron chi connectivity index (χ1n) is 16.6. The van der Waals surface area contributed by atoms with E-state index in [-0.39, 0.29) is 24.8 Å². The molecule has 0 heterocycles. The van der Waals surface area contributed by atoms with Crippen LogP contribution in [0.15, 0.2) is 130 Å². The SMILES string of the molecule is CC1C=CC(C23CC4CC(CC(C4)C2)C3)=[C]1[Zr+2](=[C](c1ccccc1)c1ccccc1)[CH]1c2ccccc2-c2ccccc21.[Cl-].[Cl-]. The van der Waals surface area contributed by atoms with Crippen molar-refractivity contribution < 1.29 is 46.1 Å². The Hall–Kier alpha value is -2.31. The number of halogens is 2. The third-order valence-electron chi connectivity index (χ3n) is 11.7. The van der Waals surface area contributed by atoms with E-state index in [2.05, 4.69) is 128 Å². The van der Waals surface area contributed by atoms with Gasteiger partial charge in [-0.25, -0.2) is 0 Å². The maximum absolute atomic E-state index is 2.79. The fraction of sp³-hybridized carbons (Fsp3) is 0.310. The Labute approximate surface area is 289 Å². The van der Waals surface area contributed by atoms with Gasteiger partial charge in [-0.15, -0.1) is 0 Å². The minimum absolute atomic E-state index is 0. The molecule has 6 aliphatic rings. The van der Waals surface area contributed by atoms with Gasteiger partial charge in [0.1, 0.15) is 0 Å². The van der Waals surface area contributed by atoms with E-state index < -0.39 is 21.3 Å². The zero-order chi connectivity index (χ0) is 28.5. The molecule has 0 nitrogen and oxygen atoms in total. The number of allylic oxidation sites excluding steroid dienone is 4. The minimum atomic E-state index is -2.79. The van der Waals surface area contributed by atoms with Gasteiger partial charge in [0.05, 0.1) is 0 Å². The number of benzene rings is 4. The van der Waals surface area contributed by atoms with Gasteiger partial charge >= 0.3 is 266 Å². The summed E-state index contributed by atoms with van der Waals surface area (Å²) < 4.78 is 4.07. The Morgan fingerprint density at radius 1 is 0.600 bits per heavy atom. The van der Waals surface area contributed by atoms with Gasteiger partial charge in [-0.3, -0.25) is 0 Å². The third-order valence-corrected chi connectivity index (χ3v) is 20.6. The molecule has 0 N–H and O–H groups in total. The first-order valence-corrected chi connectivity index (χ1v) is 20.5. The molecule has 0 radical (unpaired) electrons. The molecular weight excluding hydrogens is 667 g/mol. The molecule has 4 aromatic carbocycles. The summed E-state index contributed by atoms with van der Waals surface area (Å²) in [5.41, 5.74) is 11.2. The van der Waals surface area contributed by atoms with Crippen LogP contribution in [0.25, 0.3) is 11.1 Å². The molecule has 10 rings (SSSR count). The van der Waals surface area contributed by atoms with Crippen molar-refractivity contribution in [2.24, 2.45) is 29.1 Å². The molecular formula is C42H40Cl2Zr. The van der Waals surface area contributed by atoms with E-state index in [9.17, 15) is 0 Å². The summed E-state index contributed by atoms with van der Waals surface area (Å²) in [5.74, 6) is 3.38. The molecule has 0 spiro atoms. The predicted octanol–water partition coefficient (Wildman–Crippen LogP) is 4.33. The third kappa shape index (κ3) is 5.08. The first kappa shape index (κ1) is 31.3. The Morgan fingerprint density at radius 2 is 1.04 bits per heavy atom. The molecule has 0 amide bonds. The molecule has 4 aromatic rings. The van der Waals surface area contributed by atoms with Crippen molar-refractivity contribution in [2.45, 2.75) is 49.1 Å². The second-order valence-electron chi connectivity index (χ2n) is 14.3. The first-order chi connectivity index (χ1) is 21.2. The Kier molecular flexibility index (Phi) is 8.61. The number of hydrogen-bond acceptors (Lipinski definition) is 0. The molecule has 0 aromatic heterocycles. The molecule has 0 aliphatic heterocycles. The zero-order valence-electron chi connectivity index (χ0n) is 25.9. The van der Waals surface area contributed by atoms with E-state index in [1.54, 1.807) is 14.3 Å². The van der Waals surface area contributed by atoms with E-state index in [4.69, 9.17) is 0 Å². The minimum Gasteiger partial charge on any atom is -1.00 e. The fourth-order valence-electron chi connectivity index (χ4n) is 10.6. The van der Waals surface area contributed by atoms with Crippen molar-refractivity contribution in [1.29, 1.82) is 0 Å². The van der Waals surface area contributed by atoms with Gasteiger partial charge in [0.2, 0.25) is 0 Å². The molecule has 6 aliphatic carbocycles. The molecule has 45 heavy (non-hydrogen) atoms. The summed E-state index contributed by atoms with van der Waals surface area (Å²) in [6, 6.07) is 41.9. The van der Waals surface area contributed by atoms with Crippen LogP contribution in [-0.2, 0) is 21.3 Å². The van der Waals surface area contributed by atoms with Crippen LogP contribution in [0.2, 0.25) is 0 Å². The fourth-order valence-corrected chi connectivity index (χ4v) is 20.8. The second kappa shape index (κ2) is 12.4. The van der Waals surface area contributed by atoms with Gasteiger partial charge < -0.3 is 24.8 Å². The van der Waals surface area contributed by atoms with Crippen LogP contribution < -0.4 is 24.8 Å². The number of rotatable bonds is 5. The summed E-state index contributed by atoms with van der Waals surface area (Å²) in [6.45, 7) is 2.54. The van der Waals surface area contributed by atoms with Crippen molar-refractivity contribution in [3.05, 3.63) is 152 Å². The Balaban J connectivity index is 0.00000163. The molecule has 1 atom stereocenters. The second-order valence-corrected chi connectivity index (χ2v) is 20.3. The number of hydrogen-bond donors (Lipinski definition) is 0. The summed E-state index contributed by atoms with van der Waals surface area (Å²) in [4.78, 5) is 0. The molecule has 226 valence electrons. The predicted molar refractivity (Wildman–Crippen MR) is 176 cm³/mol. The van der Waals surface area contributed by atoms with Gasteiger partial charge in [-0.2, -0.15) is 0 Å². The normalized spacial score (nSPS) is 26.8. The smallest absolute Gasteiger partial charge is 1.00 e. The van der Waals surface area contributed by atoms with E-state index in [0.29, 0.717) is 15.0 Å². The van der Waals surface area contributed by atoms with Crippen molar-refractivity contribution in [1.82, 2.24) is 0 Å². The molecule has 4 fully saturated rings. The van der Waals surface area contributed by atoms with Crippen molar-refractivity contribution >= 4 is 3.21 Å². The Bertz CT molecular complexity index is 1690. The van der Waals surface area contributed by atoms with Crippen LogP contribution in [0.5, 0.6) is 0 Å². The molecule has 1 unspecified atom stereocenters. The van der Waals surface area contributed by atoms with Crippen molar-refractivity contribution in [3.63, 3.8) is 0 Å². The maximum atomic E-state index is 2.67. The molecule has 3 heteroatoms. The van der Waals surface area contributed by atoms with Crippen LogP contribution in [0.1, 0.15) is 71.3 Å². The summed E-state index contributed by atoms with van der Waals surface area (Å²) in [6.07, 6.45) is 14.1. The van der Waals surface area contributed by atoms with Crippen molar-refractivity contribution in [3.8, 4) is 11.1 Å². The largest absolute Gasteiger partial charge is 1.00 e. The van der Waals surface area contributed by atoms with Gasteiger partial charge in [-0.05, 0) is 0 Å². The van der Waals surface area contributed by atoms with Gasteiger partial charge in [0, 0.05) is 0 Å². The molecule has 4 saturated carbocycles. The van der Waals surface area contributed by atoms with E-state index in [0.717, 1.165) is 17.8 Å². The van der Waals surface area contributed by atoms with Gasteiger partial charge in [0.15, 0.2) is 0 Å². The van der Waals surface area contributed by atoms with Crippen LogP contribution >= 0.6 is 0 Å². The molecule has 4 bridgehead atoms. The number of fused-ring (bicyclic) bond motifs is 3. The Morgan fingerprint density at radius 3 is 1.53 bits per heavy atom. The summed E-state index contributed by atoms with van der Waals surface area (Å²) in [5, 5.41) is 0. The van der Waals surface area contributed by atoms with Crippen molar-refractivity contribution in [2.75, 3.05) is 0 Å². The summed E-state index contributed by atoms with van der Waals surface area (Å²) >= 11 is -2.79. The average Bonchev–Trinajstić information content (AvgIpc) is 3.58.